The highest BCUT2D eigenvalue weighted by Crippen LogP contribution is 2.35. The van der Waals surface area contributed by atoms with Crippen LogP contribution in [0.25, 0.3) is 0 Å². The average molecular weight is 233 g/mol. The summed E-state index contributed by atoms with van der Waals surface area (Å²) in [6.45, 7) is 3.70. The van der Waals surface area contributed by atoms with Gasteiger partial charge in [-0.2, -0.15) is 0 Å². The van der Waals surface area contributed by atoms with Gasteiger partial charge in [-0.3, -0.25) is 0 Å². The van der Waals surface area contributed by atoms with Crippen molar-refractivity contribution in [2.45, 2.75) is 37.8 Å². The Kier molecular flexibility index (Phi) is 3.05. The van der Waals surface area contributed by atoms with E-state index in [2.05, 4.69) is 12.2 Å². The average Bonchev–Trinajstić information content (AvgIpc) is 2.42. The molecule has 88 valence electrons. The van der Waals surface area contributed by atoms with Crippen LogP contribution in [0.15, 0.2) is 0 Å². The molecule has 2 aliphatic rings. The second-order valence-corrected chi connectivity index (χ2v) is 6.80. The van der Waals surface area contributed by atoms with E-state index in [4.69, 9.17) is 4.74 Å². The lowest BCUT2D eigenvalue weighted by Crippen LogP contribution is -2.47. The van der Waals surface area contributed by atoms with Gasteiger partial charge in [-0.15, -0.1) is 0 Å². The third kappa shape index (κ3) is 2.52. The van der Waals surface area contributed by atoms with Crippen molar-refractivity contribution in [1.82, 2.24) is 5.32 Å². The van der Waals surface area contributed by atoms with Crippen molar-refractivity contribution in [3.8, 4) is 0 Å². The highest BCUT2D eigenvalue weighted by molar-refractivity contribution is 7.91. The Bertz CT molecular complexity index is 326. The van der Waals surface area contributed by atoms with Crippen LogP contribution in [-0.2, 0) is 14.6 Å². The van der Waals surface area contributed by atoms with E-state index < -0.39 is 9.84 Å². The van der Waals surface area contributed by atoms with Crippen molar-refractivity contribution in [2.75, 3.05) is 24.7 Å². The first-order chi connectivity index (χ1) is 7.05. The molecule has 2 aliphatic heterocycles. The lowest BCUT2D eigenvalue weighted by Gasteiger charge is -2.37. The van der Waals surface area contributed by atoms with E-state index in [9.17, 15) is 8.42 Å². The lowest BCUT2D eigenvalue weighted by molar-refractivity contribution is -0.0701. The number of rotatable bonds is 2. The van der Waals surface area contributed by atoms with Crippen LogP contribution in [-0.4, -0.2) is 44.7 Å². The van der Waals surface area contributed by atoms with Gasteiger partial charge in [0, 0.05) is 12.6 Å². The Hall–Kier alpha value is -0.130. The fraction of sp³-hybridized carbons (Fsp3) is 1.00. The summed E-state index contributed by atoms with van der Waals surface area (Å²) in [5, 5.41) is 3.39. The summed E-state index contributed by atoms with van der Waals surface area (Å²) in [7, 11) is -2.85. The van der Waals surface area contributed by atoms with Gasteiger partial charge in [0.1, 0.15) is 0 Å². The van der Waals surface area contributed by atoms with E-state index in [0.29, 0.717) is 24.8 Å². The van der Waals surface area contributed by atoms with Crippen LogP contribution in [0.5, 0.6) is 0 Å². The molecular formula is C10H19NO3S. The Morgan fingerprint density at radius 1 is 1.53 bits per heavy atom. The van der Waals surface area contributed by atoms with Crippen molar-refractivity contribution in [3.63, 3.8) is 0 Å². The summed E-state index contributed by atoms with van der Waals surface area (Å²) in [6.07, 6.45) is 2.52. The van der Waals surface area contributed by atoms with Crippen LogP contribution in [0.2, 0.25) is 0 Å². The number of nitrogens with one attached hydrogen (secondary N) is 1. The number of hydrogen-bond acceptors (Lipinski definition) is 4. The van der Waals surface area contributed by atoms with Crippen LogP contribution < -0.4 is 5.32 Å². The molecule has 0 bridgehead atoms. The molecule has 2 unspecified atom stereocenters. The van der Waals surface area contributed by atoms with E-state index >= 15 is 0 Å². The van der Waals surface area contributed by atoms with Gasteiger partial charge in [-0.05, 0) is 25.8 Å². The molecule has 0 radical (unpaired) electrons. The topological polar surface area (TPSA) is 55.4 Å². The number of sulfone groups is 1. The highest BCUT2D eigenvalue weighted by atomic mass is 32.2. The van der Waals surface area contributed by atoms with Crippen molar-refractivity contribution in [3.05, 3.63) is 0 Å². The summed E-state index contributed by atoms with van der Waals surface area (Å²) in [6, 6.07) is 0.428. The molecule has 1 N–H and O–H groups in total. The summed E-state index contributed by atoms with van der Waals surface area (Å²) >= 11 is 0. The summed E-state index contributed by atoms with van der Waals surface area (Å²) in [4.78, 5) is 0. The van der Waals surface area contributed by atoms with Crippen LogP contribution in [0.3, 0.4) is 0 Å². The number of hydrogen-bond donors (Lipinski definition) is 1. The maximum Gasteiger partial charge on any atom is 0.153 e. The Morgan fingerprint density at radius 3 is 2.93 bits per heavy atom. The monoisotopic (exact) mass is 233 g/mol. The van der Waals surface area contributed by atoms with Crippen LogP contribution in [0, 0.1) is 0 Å². The molecule has 2 heterocycles. The molecule has 4 nitrogen and oxygen atoms in total. The molecule has 0 aromatic carbocycles. The maximum absolute atomic E-state index is 11.5. The molecule has 15 heavy (non-hydrogen) atoms. The molecule has 2 atom stereocenters. The summed E-state index contributed by atoms with van der Waals surface area (Å²) in [5.74, 6) is 0.522. The quantitative estimate of drug-likeness (QED) is 0.747. The van der Waals surface area contributed by atoms with E-state index in [1.165, 1.54) is 0 Å². The molecule has 2 saturated heterocycles. The zero-order valence-electron chi connectivity index (χ0n) is 9.16. The fourth-order valence-electron chi connectivity index (χ4n) is 2.65. The normalized spacial score (nSPS) is 39.7. The lowest BCUT2D eigenvalue weighted by atomic mass is 9.90. The van der Waals surface area contributed by atoms with E-state index in [-0.39, 0.29) is 11.4 Å². The fourth-order valence-corrected chi connectivity index (χ4v) is 4.63. The van der Waals surface area contributed by atoms with Crippen molar-refractivity contribution >= 4 is 9.84 Å². The zero-order chi connectivity index (χ0) is 10.9. The van der Waals surface area contributed by atoms with Crippen LogP contribution in [0.4, 0.5) is 0 Å². The Morgan fingerprint density at radius 2 is 2.33 bits per heavy atom. The standard InChI is InChI=1S/C10H19NO3S/c1-2-11-9-3-5-14-10(7-9)4-6-15(12,13)8-10/h9,11H,2-8H2,1H3. The van der Waals surface area contributed by atoms with Crippen LogP contribution >= 0.6 is 0 Å². The predicted octanol–water partition coefficient (Wildman–Crippen LogP) is 0.332. The van der Waals surface area contributed by atoms with E-state index in [1.807, 2.05) is 0 Å². The molecule has 2 fully saturated rings. The van der Waals surface area contributed by atoms with Gasteiger partial charge in [0.25, 0.3) is 0 Å². The van der Waals surface area contributed by atoms with Gasteiger partial charge in [-0.1, -0.05) is 6.92 Å². The third-order valence-electron chi connectivity index (χ3n) is 3.34. The van der Waals surface area contributed by atoms with E-state index in [1.54, 1.807) is 0 Å². The van der Waals surface area contributed by atoms with Gasteiger partial charge in [0.2, 0.25) is 0 Å². The van der Waals surface area contributed by atoms with Gasteiger partial charge >= 0.3 is 0 Å². The van der Waals surface area contributed by atoms with Crippen molar-refractivity contribution < 1.29 is 13.2 Å². The molecule has 5 heteroatoms. The maximum atomic E-state index is 11.5. The second kappa shape index (κ2) is 4.03. The Labute approximate surface area is 91.3 Å². The first-order valence-corrected chi connectivity index (χ1v) is 7.45. The van der Waals surface area contributed by atoms with E-state index in [0.717, 1.165) is 19.4 Å². The predicted molar refractivity (Wildman–Crippen MR) is 58.7 cm³/mol. The largest absolute Gasteiger partial charge is 0.374 e. The second-order valence-electron chi connectivity index (χ2n) is 4.62. The minimum Gasteiger partial charge on any atom is -0.374 e. The Balaban J connectivity index is 2.03. The van der Waals surface area contributed by atoms with Gasteiger partial charge in [0.05, 0.1) is 17.1 Å². The minimum atomic E-state index is -2.85. The first kappa shape index (κ1) is 11.4. The summed E-state index contributed by atoms with van der Waals surface area (Å²) < 4.78 is 28.7. The van der Waals surface area contributed by atoms with Gasteiger partial charge in [-0.25, -0.2) is 8.42 Å². The van der Waals surface area contributed by atoms with Crippen molar-refractivity contribution in [1.29, 1.82) is 0 Å². The third-order valence-corrected chi connectivity index (χ3v) is 5.13. The molecule has 0 saturated carbocycles. The van der Waals surface area contributed by atoms with Crippen molar-refractivity contribution in [2.24, 2.45) is 0 Å². The van der Waals surface area contributed by atoms with Gasteiger partial charge < -0.3 is 10.1 Å². The molecule has 1 spiro atoms. The molecule has 0 aromatic heterocycles. The molecule has 0 aliphatic carbocycles. The smallest absolute Gasteiger partial charge is 0.153 e. The SMILES string of the molecule is CCNC1CCOC2(CCS(=O)(=O)C2)C1. The number of ether oxygens (including phenoxy) is 1. The van der Waals surface area contributed by atoms with Gasteiger partial charge in [0.15, 0.2) is 9.84 Å². The molecule has 2 rings (SSSR count). The molecule has 0 amide bonds. The molecular weight excluding hydrogens is 214 g/mol. The summed E-state index contributed by atoms with van der Waals surface area (Å²) in [5.41, 5.74) is -0.371. The molecule has 0 aromatic rings. The first-order valence-electron chi connectivity index (χ1n) is 5.63. The minimum absolute atomic E-state index is 0.224. The van der Waals surface area contributed by atoms with Crippen LogP contribution in [0.1, 0.15) is 26.2 Å². The zero-order valence-corrected chi connectivity index (χ0v) is 9.98. The highest BCUT2D eigenvalue weighted by Gasteiger charge is 2.46.